The predicted molar refractivity (Wildman–Crippen MR) is 130 cm³/mol. The number of hydrazine groups is 1. The quantitative estimate of drug-likeness (QED) is 0.530. The third kappa shape index (κ3) is 4.69. The molecule has 0 spiro atoms. The van der Waals surface area contributed by atoms with Crippen molar-refractivity contribution < 1.29 is 14.4 Å². The molecular formula is C27H30ClN3O3. The minimum absolute atomic E-state index is 0.0125. The summed E-state index contributed by atoms with van der Waals surface area (Å²) in [5, 5.41) is 3.27. The normalized spacial score (nSPS) is 27.6. The number of halogens is 1. The summed E-state index contributed by atoms with van der Waals surface area (Å²) >= 11 is 6.18. The molecule has 0 aromatic heterocycles. The van der Waals surface area contributed by atoms with Gasteiger partial charge in [-0.1, -0.05) is 54.1 Å². The minimum Gasteiger partial charge on any atom is -0.345 e. The molecule has 4 aliphatic carbocycles. The molecule has 1 unspecified atom stereocenters. The van der Waals surface area contributed by atoms with E-state index in [1.54, 1.807) is 24.3 Å². The van der Waals surface area contributed by atoms with E-state index < -0.39 is 6.04 Å². The number of nitrogens with one attached hydrogen (secondary N) is 3. The Morgan fingerprint density at radius 1 is 0.853 bits per heavy atom. The first-order valence-electron chi connectivity index (χ1n) is 12.1. The number of carbonyl (C=O) groups is 3. The van der Waals surface area contributed by atoms with Crippen molar-refractivity contribution in [3.63, 3.8) is 0 Å². The van der Waals surface area contributed by atoms with Gasteiger partial charge in [-0.3, -0.25) is 25.2 Å². The second-order valence-corrected chi connectivity index (χ2v) is 10.7. The second kappa shape index (κ2) is 9.41. The van der Waals surface area contributed by atoms with Gasteiger partial charge in [0.2, 0.25) is 11.8 Å². The molecule has 2 aromatic rings. The van der Waals surface area contributed by atoms with Gasteiger partial charge in [0.05, 0.1) is 28.5 Å². The summed E-state index contributed by atoms with van der Waals surface area (Å²) < 4.78 is 0. The van der Waals surface area contributed by atoms with Crippen LogP contribution in [0.2, 0.25) is 5.02 Å². The lowest BCUT2D eigenvalue weighted by atomic mass is 9.49. The topological polar surface area (TPSA) is 87.3 Å². The van der Waals surface area contributed by atoms with E-state index >= 15 is 0 Å². The van der Waals surface area contributed by atoms with Crippen LogP contribution in [-0.4, -0.2) is 17.7 Å². The zero-order valence-electron chi connectivity index (χ0n) is 19.1. The lowest BCUT2D eigenvalue weighted by Crippen LogP contribution is -2.56. The van der Waals surface area contributed by atoms with Gasteiger partial charge in [-0.05, 0) is 74.0 Å². The van der Waals surface area contributed by atoms with Crippen molar-refractivity contribution in [1.29, 1.82) is 0 Å². The maximum absolute atomic E-state index is 13.1. The number of hydrogen-bond donors (Lipinski definition) is 3. The minimum atomic E-state index is -0.568. The standard InChI is InChI=1S/C27H30ClN3O3/c28-22-9-5-4-8-21(22)25(33)29-23(20-6-2-1-3-7-20)13-24(32)30-31-26(34)27-14-17-10-18(15-27)12-19(11-17)16-27/h1-9,17-19,23H,10-16H2,(H,29,33)(H,30,32)(H,31,34). The van der Waals surface area contributed by atoms with Crippen LogP contribution in [0.5, 0.6) is 0 Å². The molecule has 4 fully saturated rings. The molecule has 34 heavy (non-hydrogen) atoms. The molecule has 6 rings (SSSR count). The van der Waals surface area contributed by atoms with Crippen LogP contribution in [0.1, 0.15) is 66.9 Å². The molecule has 4 bridgehead atoms. The molecular weight excluding hydrogens is 450 g/mol. The van der Waals surface area contributed by atoms with Gasteiger partial charge in [0, 0.05) is 0 Å². The van der Waals surface area contributed by atoms with Gasteiger partial charge in [0.1, 0.15) is 0 Å². The van der Waals surface area contributed by atoms with Gasteiger partial charge in [0.15, 0.2) is 0 Å². The molecule has 0 saturated heterocycles. The summed E-state index contributed by atoms with van der Waals surface area (Å²) in [7, 11) is 0. The highest BCUT2D eigenvalue weighted by Gasteiger charge is 2.54. The summed E-state index contributed by atoms with van der Waals surface area (Å²) in [6.07, 6.45) is 6.54. The lowest BCUT2D eigenvalue weighted by Gasteiger charge is -2.55. The molecule has 2 aromatic carbocycles. The number of hydrogen-bond acceptors (Lipinski definition) is 3. The van der Waals surface area contributed by atoms with Crippen molar-refractivity contribution in [2.75, 3.05) is 0 Å². The smallest absolute Gasteiger partial charge is 0.253 e. The van der Waals surface area contributed by atoms with Crippen molar-refractivity contribution in [2.24, 2.45) is 23.2 Å². The molecule has 178 valence electrons. The first-order valence-corrected chi connectivity index (χ1v) is 12.5. The highest BCUT2D eigenvalue weighted by Crippen LogP contribution is 2.60. The second-order valence-electron chi connectivity index (χ2n) is 10.3. The van der Waals surface area contributed by atoms with Crippen LogP contribution < -0.4 is 16.2 Å². The van der Waals surface area contributed by atoms with Crippen LogP contribution >= 0.6 is 11.6 Å². The Kier molecular flexibility index (Phi) is 6.34. The van der Waals surface area contributed by atoms with Gasteiger partial charge in [-0.15, -0.1) is 0 Å². The Morgan fingerprint density at radius 3 is 2.06 bits per heavy atom. The van der Waals surface area contributed by atoms with Crippen LogP contribution in [-0.2, 0) is 9.59 Å². The van der Waals surface area contributed by atoms with Crippen molar-refractivity contribution in [3.05, 3.63) is 70.7 Å². The van der Waals surface area contributed by atoms with E-state index in [1.165, 1.54) is 19.3 Å². The number of rotatable bonds is 6. The monoisotopic (exact) mass is 479 g/mol. The number of amides is 3. The van der Waals surface area contributed by atoms with Crippen molar-refractivity contribution >= 4 is 29.3 Å². The van der Waals surface area contributed by atoms with E-state index in [4.69, 9.17) is 11.6 Å². The maximum Gasteiger partial charge on any atom is 0.253 e. The Balaban J connectivity index is 1.23. The number of benzene rings is 2. The molecule has 0 aliphatic heterocycles. The Labute approximate surface area is 204 Å². The van der Waals surface area contributed by atoms with Gasteiger partial charge < -0.3 is 5.32 Å². The summed E-state index contributed by atoms with van der Waals surface area (Å²) in [5.74, 6) is 1.17. The molecule has 3 amide bonds. The summed E-state index contributed by atoms with van der Waals surface area (Å²) in [6.45, 7) is 0. The van der Waals surface area contributed by atoms with E-state index in [1.807, 2.05) is 30.3 Å². The molecule has 4 aliphatic rings. The fourth-order valence-corrected chi connectivity index (χ4v) is 6.92. The van der Waals surface area contributed by atoms with Crippen LogP contribution in [0.3, 0.4) is 0 Å². The average Bonchev–Trinajstić information content (AvgIpc) is 2.82. The van der Waals surface area contributed by atoms with Crippen LogP contribution in [0.4, 0.5) is 0 Å². The van der Waals surface area contributed by atoms with Crippen molar-refractivity contribution in [2.45, 2.75) is 51.0 Å². The fourth-order valence-electron chi connectivity index (χ4n) is 6.70. The third-order valence-electron chi connectivity index (χ3n) is 7.85. The zero-order valence-corrected chi connectivity index (χ0v) is 19.8. The van der Waals surface area contributed by atoms with Gasteiger partial charge in [-0.25, -0.2) is 0 Å². The first-order chi connectivity index (χ1) is 16.4. The van der Waals surface area contributed by atoms with Crippen LogP contribution in [0, 0.1) is 23.2 Å². The fraction of sp³-hybridized carbons (Fsp3) is 0.444. The molecule has 3 N–H and O–H groups in total. The molecule has 0 radical (unpaired) electrons. The Hall–Kier alpha value is -2.86. The highest BCUT2D eigenvalue weighted by molar-refractivity contribution is 6.33. The lowest BCUT2D eigenvalue weighted by molar-refractivity contribution is -0.149. The van der Waals surface area contributed by atoms with E-state index in [2.05, 4.69) is 16.2 Å². The van der Waals surface area contributed by atoms with Crippen molar-refractivity contribution in [1.82, 2.24) is 16.2 Å². The summed E-state index contributed by atoms with van der Waals surface area (Å²) in [5.41, 5.74) is 6.14. The maximum atomic E-state index is 13.1. The molecule has 4 saturated carbocycles. The first kappa shape index (κ1) is 22.9. The van der Waals surface area contributed by atoms with Gasteiger partial charge in [-0.2, -0.15) is 0 Å². The van der Waals surface area contributed by atoms with E-state index in [9.17, 15) is 14.4 Å². The summed E-state index contributed by atoms with van der Waals surface area (Å²) in [4.78, 5) is 38.8. The Morgan fingerprint density at radius 2 is 1.44 bits per heavy atom. The molecule has 0 heterocycles. The molecule has 7 heteroatoms. The van der Waals surface area contributed by atoms with Gasteiger partial charge in [0.25, 0.3) is 5.91 Å². The van der Waals surface area contributed by atoms with E-state index in [0.29, 0.717) is 28.3 Å². The zero-order chi connectivity index (χ0) is 23.7. The largest absolute Gasteiger partial charge is 0.345 e. The van der Waals surface area contributed by atoms with Crippen LogP contribution in [0.15, 0.2) is 54.6 Å². The number of carbonyl (C=O) groups excluding carboxylic acids is 3. The predicted octanol–water partition coefficient (Wildman–Crippen LogP) is 4.57. The van der Waals surface area contributed by atoms with Gasteiger partial charge >= 0.3 is 0 Å². The SMILES string of the molecule is O=C(CC(NC(=O)c1ccccc1Cl)c1ccccc1)NNC(=O)C12CC3CC(CC(C3)C1)C2. The molecule has 6 nitrogen and oxygen atoms in total. The third-order valence-corrected chi connectivity index (χ3v) is 8.18. The average molecular weight is 480 g/mol. The van der Waals surface area contributed by atoms with Crippen LogP contribution in [0.25, 0.3) is 0 Å². The van der Waals surface area contributed by atoms with E-state index in [-0.39, 0.29) is 29.6 Å². The highest BCUT2D eigenvalue weighted by atomic mass is 35.5. The Bertz CT molecular complexity index is 1050. The van der Waals surface area contributed by atoms with E-state index in [0.717, 1.165) is 24.8 Å². The molecule has 1 atom stereocenters. The summed E-state index contributed by atoms with van der Waals surface area (Å²) in [6, 6.07) is 15.5. The van der Waals surface area contributed by atoms with Crippen molar-refractivity contribution in [3.8, 4) is 0 Å².